The monoisotopic (exact) mass is 480 g/mol. The molecule has 6 heteroatoms. The molecule has 0 unspecified atom stereocenters. The molecule has 2 amide bonds. The fourth-order valence-corrected chi connectivity index (χ4v) is 3.96. The summed E-state index contributed by atoms with van der Waals surface area (Å²) < 4.78 is 14.5. The van der Waals surface area contributed by atoms with Crippen molar-refractivity contribution in [3.8, 4) is 0 Å². The lowest BCUT2D eigenvalue weighted by Gasteiger charge is -2.32. The van der Waals surface area contributed by atoms with Gasteiger partial charge in [0.05, 0.1) is 6.42 Å². The maximum atomic E-state index is 14.5. The van der Waals surface area contributed by atoms with Crippen molar-refractivity contribution in [2.45, 2.75) is 51.7 Å². The Kier molecular flexibility index (Phi) is 9.23. The van der Waals surface area contributed by atoms with Crippen LogP contribution in [0.4, 0.5) is 4.39 Å². The number of nitrogens with zero attached hydrogens (tertiary/aromatic N) is 1. The molecule has 34 heavy (non-hydrogen) atoms. The fourth-order valence-electron chi connectivity index (χ4n) is 3.73. The molecule has 0 saturated carbocycles. The van der Waals surface area contributed by atoms with Crippen LogP contribution in [0.15, 0.2) is 78.9 Å². The standard InChI is InChI=1S/C28H30ClFN2O2/c1-3-20(2)31-28(34)26(17-21-11-6-4-7-12-21)32(19-22-13-8-5-9-14-22)27(33)18-23-24(29)15-10-16-25(23)30/h4-16,20,26H,3,17-19H2,1-2H3,(H,31,34)/t20-,26-/m0/s1. The van der Waals surface area contributed by atoms with Crippen LogP contribution in [-0.2, 0) is 29.0 Å². The number of amides is 2. The molecule has 0 spiro atoms. The Hall–Kier alpha value is -3.18. The third-order valence-corrected chi connectivity index (χ3v) is 6.21. The maximum absolute atomic E-state index is 14.5. The van der Waals surface area contributed by atoms with E-state index in [-0.39, 0.29) is 41.4 Å². The number of halogens is 2. The van der Waals surface area contributed by atoms with E-state index in [0.29, 0.717) is 6.42 Å². The molecule has 0 radical (unpaired) electrons. The zero-order valence-electron chi connectivity index (χ0n) is 19.5. The highest BCUT2D eigenvalue weighted by molar-refractivity contribution is 6.31. The van der Waals surface area contributed by atoms with Gasteiger partial charge in [-0.15, -0.1) is 0 Å². The minimum Gasteiger partial charge on any atom is -0.352 e. The van der Waals surface area contributed by atoms with E-state index in [4.69, 9.17) is 11.6 Å². The normalized spacial score (nSPS) is 12.6. The maximum Gasteiger partial charge on any atom is 0.243 e. The average molecular weight is 481 g/mol. The zero-order chi connectivity index (χ0) is 24.5. The molecule has 4 nitrogen and oxygen atoms in total. The third-order valence-electron chi connectivity index (χ3n) is 5.86. The quantitative estimate of drug-likeness (QED) is 0.412. The van der Waals surface area contributed by atoms with E-state index in [1.54, 1.807) is 11.0 Å². The zero-order valence-corrected chi connectivity index (χ0v) is 20.3. The van der Waals surface area contributed by atoms with Gasteiger partial charge >= 0.3 is 0 Å². The van der Waals surface area contributed by atoms with Crippen molar-refractivity contribution in [1.82, 2.24) is 10.2 Å². The number of hydrogen-bond acceptors (Lipinski definition) is 2. The van der Waals surface area contributed by atoms with Crippen molar-refractivity contribution in [1.29, 1.82) is 0 Å². The molecule has 3 rings (SSSR count). The summed E-state index contributed by atoms with van der Waals surface area (Å²) in [5.41, 5.74) is 1.94. The Morgan fingerprint density at radius 1 is 0.941 bits per heavy atom. The van der Waals surface area contributed by atoms with Crippen molar-refractivity contribution >= 4 is 23.4 Å². The highest BCUT2D eigenvalue weighted by Gasteiger charge is 2.31. The number of nitrogens with one attached hydrogen (secondary N) is 1. The first-order chi connectivity index (χ1) is 16.4. The highest BCUT2D eigenvalue weighted by atomic mass is 35.5. The second-order valence-corrected chi connectivity index (χ2v) is 8.81. The molecule has 0 fully saturated rings. The van der Waals surface area contributed by atoms with Crippen molar-refractivity contribution < 1.29 is 14.0 Å². The summed E-state index contributed by atoms with van der Waals surface area (Å²) in [5.74, 6) is -1.14. The molecule has 1 N–H and O–H groups in total. The van der Waals surface area contributed by atoms with Crippen LogP contribution >= 0.6 is 11.6 Å². The summed E-state index contributed by atoms with van der Waals surface area (Å²) in [6.45, 7) is 4.14. The summed E-state index contributed by atoms with van der Waals surface area (Å²) in [7, 11) is 0. The second kappa shape index (κ2) is 12.3. The van der Waals surface area contributed by atoms with Crippen molar-refractivity contribution in [3.05, 3.63) is 106 Å². The molecule has 0 bridgehead atoms. The van der Waals surface area contributed by atoms with Gasteiger partial charge in [0.2, 0.25) is 11.8 Å². The number of carbonyl (C=O) groups excluding carboxylic acids is 2. The van der Waals surface area contributed by atoms with E-state index in [1.807, 2.05) is 74.5 Å². The molecule has 2 atom stereocenters. The molecule has 0 aliphatic carbocycles. The molecule has 3 aromatic rings. The fraction of sp³-hybridized carbons (Fsp3) is 0.286. The van der Waals surface area contributed by atoms with Gasteiger partial charge in [-0.05, 0) is 36.6 Å². The van der Waals surface area contributed by atoms with Gasteiger partial charge in [-0.2, -0.15) is 0 Å². The van der Waals surface area contributed by atoms with E-state index in [9.17, 15) is 14.0 Å². The van der Waals surface area contributed by atoms with Gasteiger partial charge in [-0.25, -0.2) is 4.39 Å². The Balaban J connectivity index is 1.99. The largest absolute Gasteiger partial charge is 0.352 e. The minimum atomic E-state index is -0.769. The van der Waals surface area contributed by atoms with Gasteiger partial charge in [0.1, 0.15) is 11.9 Å². The predicted octanol–water partition coefficient (Wildman–Crippen LogP) is 5.58. The third kappa shape index (κ3) is 6.91. The van der Waals surface area contributed by atoms with Crippen LogP contribution in [0.3, 0.4) is 0 Å². The molecule has 178 valence electrons. The molecule has 0 heterocycles. The van der Waals surface area contributed by atoms with Crippen molar-refractivity contribution in [3.63, 3.8) is 0 Å². The second-order valence-electron chi connectivity index (χ2n) is 8.41. The summed E-state index contributed by atoms with van der Waals surface area (Å²) in [4.78, 5) is 28.6. The molecule has 0 aliphatic rings. The molecule has 0 aromatic heterocycles. The first-order valence-electron chi connectivity index (χ1n) is 11.5. The average Bonchev–Trinajstić information content (AvgIpc) is 2.84. The van der Waals surface area contributed by atoms with Gasteiger partial charge in [-0.1, -0.05) is 85.3 Å². The van der Waals surface area contributed by atoms with E-state index in [0.717, 1.165) is 17.5 Å². The molecule has 0 saturated heterocycles. The number of rotatable bonds is 10. The summed E-state index contributed by atoms with van der Waals surface area (Å²) in [6.07, 6.45) is 0.869. The number of benzene rings is 3. The van der Waals surface area contributed by atoms with Gasteiger partial charge in [0.25, 0.3) is 0 Å². The van der Waals surface area contributed by atoms with E-state index >= 15 is 0 Å². The first-order valence-corrected chi connectivity index (χ1v) is 11.9. The minimum absolute atomic E-state index is 0.0412. The van der Waals surface area contributed by atoms with Crippen LogP contribution in [0.2, 0.25) is 5.02 Å². The number of hydrogen-bond donors (Lipinski definition) is 1. The lowest BCUT2D eigenvalue weighted by molar-refractivity contribution is -0.141. The van der Waals surface area contributed by atoms with E-state index < -0.39 is 11.9 Å². The van der Waals surface area contributed by atoms with Crippen LogP contribution < -0.4 is 5.32 Å². The van der Waals surface area contributed by atoms with Gasteiger partial charge in [-0.3, -0.25) is 9.59 Å². The topological polar surface area (TPSA) is 49.4 Å². The van der Waals surface area contributed by atoms with E-state index in [1.165, 1.54) is 12.1 Å². The Labute approximate surface area is 205 Å². The van der Waals surface area contributed by atoms with Crippen molar-refractivity contribution in [2.24, 2.45) is 0 Å². The molecular formula is C28H30ClFN2O2. The van der Waals surface area contributed by atoms with Gasteiger partial charge < -0.3 is 10.2 Å². The first kappa shape index (κ1) is 25.4. The lowest BCUT2D eigenvalue weighted by atomic mass is 10.0. The van der Waals surface area contributed by atoms with Crippen LogP contribution in [0.25, 0.3) is 0 Å². The van der Waals surface area contributed by atoms with Crippen LogP contribution in [0.5, 0.6) is 0 Å². The number of carbonyl (C=O) groups is 2. The summed E-state index contributed by atoms with van der Waals surface area (Å²) in [6, 6.07) is 22.6. The Bertz CT molecular complexity index is 1070. The van der Waals surface area contributed by atoms with E-state index in [2.05, 4.69) is 5.32 Å². The Morgan fingerprint density at radius 2 is 1.56 bits per heavy atom. The summed E-state index contributed by atoms with van der Waals surface area (Å²) >= 11 is 6.21. The van der Waals surface area contributed by atoms with Gasteiger partial charge in [0, 0.05) is 29.6 Å². The molecule has 3 aromatic carbocycles. The van der Waals surface area contributed by atoms with Crippen molar-refractivity contribution in [2.75, 3.05) is 0 Å². The van der Waals surface area contributed by atoms with Gasteiger partial charge in [0.15, 0.2) is 0 Å². The highest BCUT2D eigenvalue weighted by Crippen LogP contribution is 2.22. The smallest absolute Gasteiger partial charge is 0.243 e. The molecular weight excluding hydrogens is 451 g/mol. The van der Waals surface area contributed by atoms with Crippen LogP contribution in [0, 0.1) is 5.82 Å². The SMILES string of the molecule is CC[C@H](C)NC(=O)[C@H](Cc1ccccc1)N(Cc1ccccc1)C(=O)Cc1c(F)cccc1Cl. The Morgan fingerprint density at radius 3 is 2.15 bits per heavy atom. The van der Waals surface area contributed by atoms with Crippen LogP contribution in [-0.4, -0.2) is 28.8 Å². The predicted molar refractivity (Wildman–Crippen MR) is 134 cm³/mol. The lowest BCUT2D eigenvalue weighted by Crippen LogP contribution is -2.52. The summed E-state index contributed by atoms with van der Waals surface area (Å²) in [5, 5.41) is 3.22. The van der Waals surface area contributed by atoms with Crippen LogP contribution in [0.1, 0.15) is 37.0 Å². The molecule has 0 aliphatic heterocycles.